The minimum Gasteiger partial charge on any atom is -0.309 e. The molecule has 1 unspecified atom stereocenters. The van der Waals surface area contributed by atoms with Crippen molar-refractivity contribution >= 4 is 23.4 Å². The first-order valence-electron chi connectivity index (χ1n) is 9.01. The number of carbonyl (C=O) groups is 1. The molecule has 0 radical (unpaired) electrons. The molecule has 1 amide bonds. The second kappa shape index (κ2) is 7.52. The Morgan fingerprint density at radius 1 is 1.22 bits per heavy atom. The quantitative estimate of drug-likeness (QED) is 0.650. The van der Waals surface area contributed by atoms with Crippen LogP contribution in [-0.2, 0) is 11.2 Å². The fraction of sp³-hybridized carbons (Fsp3) is 0.300. The third-order valence-electron chi connectivity index (χ3n) is 4.80. The van der Waals surface area contributed by atoms with Gasteiger partial charge in [-0.15, -0.1) is 5.10 Å². The Morgan fingerprint density at radius 3 is 2.93 bits per heavy atom. The van der Waals surface area contributed by atoms with E-state index in [4.69, 9.17) is 0 Å². The molecule has 6 nitrogen and oxygen atoms in total. The van der Waals surface area contributed by atoms with Gasteiger partial charge < -0.3 is 4.90 Å². The number of rotatable bonds is 4. The molecule has 3 aromatic rings. The lowest BCUT2D eigenvalue weighted by atomic mass is 9.97. The highest BCUT2D eigenvalue weighted by Crippen LogP contribution is 2.31. The number of tetrazole rings is 1. The number of hydrogen-bond acceptors (Lipinski definition) is 5. The Labute approximate surface area is 162 Å². The normalized spacial score (nSPS) is 16.2. The van der Waals surface area contributed by atoms with Crippen molar-refractivity contribution in [1.29, 1.82) is 0 Å². The van der Waals surface area contributed by atoms with Gasteiger partial charge in [0.1, 0.15) is 0 Å². The highest BCUT2D eigenvalue weighted by molar-refractivity contribution is 7.99. The van der Waals surface area contributed by atoms with Gasteiger partial charge in [-0.3, -0.25) is 4.79 Å². The molecule has 0 aliphatic carbocycles. The summed E-state index contributed by atoms with van der Waals surface area (Å²) in [5.41, 5.74) is 4.29. The first-order chi connectivity index (χ1) is 13.1. The van der Waals surface area contributed by atoms with Crippen LogP contribution in [0.5, 0.6) is 0 Å². The lowest BCUT2D eigenvalue weighted by Crippen LogP contribution is -2.43. The molecular weight excluding hydrogens is 358 g/mol. The van der Waals surface area contributed by atoms with E-state index in [-0.39, 0.29) is 11.9 Å². The molecule has 0 spiro atoms. The molecule has 4 rings (SSSR count). The number of para-hydroxylation sites is 1. The average molecular weight is 379 g/mol. The molecule has 2 heterocycles. The van der Waals surface area contributed by atoms with Crippen molar-refractivity contribution in [3.05, 3.63) is 59.7 Å². The molecule has 7 heteroatoms. The van der Waals surface area contributed by atoms with Crippen molar-refractivity contribution in [3.8, 4) is 5.69 Å². The maximum atomic E-state index is 13.0. The maximum Gasteiger partial charge on any atom is 0.237 e. The van der Waals surface area contributed by atoms with Crippen LogP contribution in [0.15, 0.2) is 53.7 Å². The van der Waals surface area contributed by atoms with Gasteiger partial charge in [0.25, 0.3) is 0 Å². The van der Waals surface area contributed by atoms with Gasteiger partial charge in [-0.25, -0.2) is 0 Å². The Balaban J connectivity index is 1.52. The summed E-state index contributed by atoms with van der Waals surface area (Å²) in [5.74, 6) is 0.378. The molecule has 1 atom stereocenters. The van der Waals surface area contributed by atoms with E-state index >= 15 is 0 Å². The van der Waals surface area contributed by atoms with E-state index in [1.54, 1.807) is 4.68 Å². The summed E-state index contributed by atoms with van der Waals surface area (Å²) in [6.07, 6.45) is 1.99. The van der Waals surface area contributed by atoms with Crippen LogP contribution in [0.3, 0.4) is 0 Å². The number of nitrogens with zero attached hydrogens (tertiary/aromatic N) is 5. The van der Waals surface area contributed by atoms with Crippen LogP contribution >= 0.6 is 11.8 Å². The van der Waals surface area contributed by atoms with Crippen molar-refractivity contribution in [2.24, 2.45) is 0 Å². The predicted octanol–water partition coefficient (Wildman–Crippen LogP) is 3.43. The molecule has 138 valence electrons. The minimum absolute atomic E-state index is 0.0819. The summed E-state index contributed by atoms with van der Waals surface area (Å²) in [5, 5.41) is 12.6. The average Bonchev–Trinajstić information content (AvgIpc) is 3.14. The third kappa shape index (κ3) is 3.60. The zero-order valence-corrected chi connectivity index (χ0v) is 16.2. The van der Waals surface area contributed by atoms with E-state index in [0.717, 1.165) is 29.8 Å². The monoisotopic (exact) mass is 379 g/mol. The standard InChI is InChI=1S/C20H21N5OS/c1-14-6-5-8-17(12-14)25-20(21-22-23-25)27-13-19(26)24-15(2)10-11-16-7-3-4-9-18(16)24/h3-9,12,15H,10-11,13H2,1-2H3. The van der Waals surface area contributed by atoms with Crippen LogP contribution in [0.1, 0.15) is 24.5 Å². The van der Waals surface area contributed by atoms with Crippen molar-refractivity contribution in [1.82, 2.24) is 20.2 Å². The SMILES string of the molecule is Cc1cccc(-n2nnnc2SCC(=O)N2c3ccccc3CCC2C)c1. The maximum absolute atomic E-state index is 13.0. The van der Waals surface area contributed by atoms with Crippen LogP contribution in [0.25, 0.3) is 5.69 Å². The number of aryl methyl sites for hydroxylation is 2. The van der Waals surface area contributed by atoms with Crippen LogP contribution in [-0.4, -0.2) is 37.9 Å². The second-order valence-corrected chi connectivity index (χ2v) is 7.72. The van der Waals surface area contributed by atoms with E-state index in [2.05, 4.69) is 28.5 Å². The summed E-state index contributed by atoms with van der Waals surface area (Å²) in [4.78, 5) is 14.9. The van der Waals surface area contributed by atoms with Gasteiger partial charge in [-0.1, -0.05) is 42.1 Å². The lowest BCUT2D eigenvalue weighted by molar-refractivity contribution is -0.116. The van der Waals surface area contributed by atoms with Gasteiger partial charge in [0.2, 0.25) is 11.1 Å². The summed E-state index contributed by atoms with van der Waals surface area (Å²) in [7, 11) is 0. The summed E-state index contributed by atoms with van der Waals surface area (Å²) < 4.78 is 1.68. The predicted molar refractivity (Wildman–Crippen MR) is 106 cm³/mol. The van der Waals surface area contributed by atoms with Crippen LogP contribution in [0, 0.1) is 6.92 Å². The molecule has 0 fully saturated rings. The van der Waals surface area contributed by atoms with E-state index in [1.165, 1.54) is 17.3 Å². The fourth-order valence-corrected chi connectivity index (χ4v) is 4.20. The summed E-state index contributed by atoms with van der Waals surface area (Å²) in [6.45, 7) is 4.13. The molecule has 2 aromatic carbocycles. The number of hydrogen-bond donors (Lipinski definition) is 0. The zero-order chi connectivity index (χ0) is 18.8. The van der Waals surface area contributed by atoms with Crippen molar-refractivity contribution < 1.29 is 4.79 Å². The molecular formula is C20H21N5OS. The highest BCUT2D eigenvalue weighted by atomic mass is 32.2. The van der Waals surface area contributed by atoms with E-state index in [9.17, 15) is 4.79 Å². The molecule has 27 heavy (non-hydrogen) atoms. The lowest BCUT2D eigenvalue weighted by Gasteiger charge is -2.35. The van der Waals surface area contributed by atoms with Gasteiger partial charge in [0.15, 0.2) is 0 Å². The van der Waals surface area contributed by atoms with E-state index in [1.807, 2.05) is 54.3 Å². The molecule has 0 bridgehead atoms. The van der Waals surface area contributed by atoms with Crippen LogP contribution in [0.2, 0.25) is 0 Å². The topological polar surface area (TPSA) is 63.9 Å². The number of amides is 1. The van der Waals surface area contributed by atoms with Crippen molar-refractivity contribution in [3.63, 3.8) is 0 Å². The van der Waals surface area contributed by atoms with Crippen LogP contribution < -0.4 is 4.90 Å². The van der Waals surface area contributed by atoms with Gasteiger partial charge in [-0.2, -0.15) is 4.68 Å². The number of fused-ring (bicyclic) bond motifs is 1. The van der Waals surface area contributed by atoms with Crippen molar-refractivity contribution in [2.75, 3.05) is 10.7 Å². The number of carbonyl (C=O) groups excluding carboxylic acids is 1. The Kier molecular flexibility index (Phi) is 4.94. The van der Waals surface area contributed by atoms with Gasteiger partial charge in [0.05, 0.1) is 11.4 Å². The van der Waals surface area contributed by atoms with Gasteiger partial charge >= 0.3 is 0 Å². The van der Waals surface area contributed by atoms with Gasteiger partial charge in [0, 0.05) is 11.7 Å². The molecule has 1 aliphatic heterocycles. The zero-order valence-electron chi connectivity index (χ0n) is 15.4. The van der Waals surface area contributed by atoms with Crippen molar-refractivity contribution in [2.45, 2.75) is 37.9 Å². The smallest absolute Gasteiger partial charge is 0.237 e. The Hall–Kier alpha value is -2.67. The second-order valence-electron chi connectivity index (χ2n) is 6.78. The number of aromatic nitrogens is 4. The summed E-state index contributed by atoms with van der Waals surface area (Å²) >= 11 is 1.37. The summed E-state index contributed by atoms with van der Waals surface area (Å²) in [6, 6.07) is 16.3. The molecule has 0 saturated heterocycles. The molecule has 1 aliphatic rings. The molecule has 0 saturated carbocycles. The van der Waals surface area contributed by atoms with E-state index in [0.29, 0.717) is 10.9 Å². The third-order valence-corrected chi connectivity index (χ3v) is 5.71. The van der Waals surface area contributed by atoms with Crippen LogP contribution in [0.4, 0.5) is 5.69 Å². The molecule has 0 N–H and O–H groups in total. The number of anilines is 1. The van der Waals surface area contributed by atoms with E-state index < -0.39 is 0 Å². The first-order valence-corrected chi connectivity index (χ1v) is 10.0. The Bertz CT molecular complexity index is 970. The number of benzene rings is 2. The first kappa shape index (κ1) is 17.7. The minimum atomic E-state index is 0.0819. The highest BCUT2D eigenvalue weighted by Gasteiger charge is 2.28. The van der Waals surface area contributed by atoms with Gasteiger partial charge in [-0.05, 0) is 66.4 Å². The Morgan fingerprint density at radius 2 is 2.07 bits per heavy atom. The molecule has 1 aromatic heterocycles. The largest absolute Gasteiger partial charge is 0.309 e. The fourth-order valence-electron chi connectivity index (χ4n) is 3.45. The number of thioether (sulfide) groups is 1.